The molecule has 0 saturated carbocycles. The molecule has 1 rings (SSSR count). The first-order valence-corrected chi connectivity index (χ1v) is 5.24. The zero-order valence-corrected chi connectivity index (χ0v) is 9.40. The average Bonchev–Trinajstić information content (AvgIpc) is 2.24. The largest absolute Gasteiger partial charge is 0.416 e. The minimum absolute atomic E-state index is 0.391. The summed E-state index contributed by atoms with van der Waals surface area (Å²) in [7, 11) is 1.55. The van der Waals surface area contributed by atoms with Gasteiger partial charge in [-0.1, -0.05) is 0 Å². The Labute approximate surface area is 95.9 Å². The number of ether oxygens (including phenoxy) is 1. The molecule has 0 bridgehead atoms. The first-order valence-electron chi connectivity index (χ1n) is 4.49. The van der Waals surface area contributed by atoms with E-state index in [2.05, 4.69) is 0 Å². The van der Waals surface area contributed by atoms with E-state index in [1.54, 1.807) is 7.11 Å². The number of benzene rings is 1. The maximum absolute atomic E-state index is 12.2. The van der Waals surface area contributed by atoms with Gasteiger partial charge in [0.2, 0.25) is 0 Å². The Bertz CT molecular complexity index is 311. The van der Waals surface area contributed by atoms with E-state index in [-0.39, 0.29) is 0 Å². The lowest BCUT2D eigenvalue weighted by Crippen LogP contribution is -2.04. The van der Waals surface area contributed by atoms with Gasteiger partial charge < -0.3 is 8.92 Å². The van der Waals surface area contributed by atoms with Crippen molar-refractivity contribution in [2.24, 2.45) is 0 Å². The van der Waals surface area contributed by atoms with E-state index < -0.39 is 11.7 Å². The fourth-order valence-electron chi connectivity index (χ4n) is 0.927. The maximum atomic E-state index is 12.2. The van der Waals surface area contributed by atoms with Gasteiger partial charge in [0.25, 0.3) is 0 Å². The van der Waals surface area contributed by atoms with Crippen LogP contribution in [0.3, 0.4) is 0 Å². The summed E-state index contributed by atoms with van der Waals surface area (Å²) in [5.74, 6) is 0. The number of rotatable bonds is 5. The molecule has 0 saturated heterocycles. The molecule has 1 aromatic rings. The SMILES string of the molecule is COCCOSc1ccc(C(F)(F)F)cc1. The highest BCUT2D eigenvalue weighted by Gasteiger charge is 2.29. The lowest BCUT2D eigenvalue weighted by Gasteiger charge is -2.07. The smallest absolute Gasteiger partial charge is 0.382 e. The first kappa shape index (κ1) is 13.3. The monoisotopic (exact) mass is 252 g/mol. The summed E-state index contributed by atoms with van der Waals surface area (Å²) < 4.78 is 46.5. The second-order valence-corrected chi connectivity index (χ2v) is 3.79. The van der Waals surface area contributed by atoms with Gasteiger partial charge in [0.05, 0.1) is 18.8 Å². The molecule has 0 atom stereocenters. The predicted octanol–water partition coefficient (Wildman–Crippen LogP) is 3.38. The van der Waals surface area contributed by atoms with Crippen LogP contribution in [-0.2, 0) is 15.1 Å². The van der Waals surface area contributed by atoms with Gasteiger partial charge in [-0.25, -0.2) is 0 Å². The van der Waals surface area contributed by atoms with Crippen LogP contribution in [0, 0.1) is 0 Å². The highest BCUT2D eigenvalue weighted by Crippen LogP contribution is 2.30. The van der Waals surface area contributed by atoms with Crippen LogP contribution in [0.1, 0.15) is 5.56 Å². The van der Waals surface area contributed by atoms with Crippen molar-refractivity contribution in [3.63, 3.8) is 0 Å². The van der Waals surface area contributed by atoms with Gasteiger partial charge in [-0.2, -0.15) is 13.2 Å². The van der Waals surface area contributed by atoms with Crippen LogP contribution in [0.15, 0.2) is 29.2 Å². The molecule has 0 amide bonds. The highest BCUT2D eigenvalue weighted by atomic mass is 32.2. The predicted molar refractivity (Wildman–Crippen MR) is 55.1 cm³/mol. The molecule has 0 aliphatic rings. The van der Waals surface area contributed by atoms with Crippen LogP contribution in [0.2, 0.25) is 0 Å². The summed E-state index contributed by atoms with van der Waals surface area (Å²) >= 11 is 1.03. The van der Waals surface area contributed by atoms with Crippen LogP contribution < -0.4 is 0 Å². The van der Waals surface area contributed by atoms with Crippen LogP contribution in [0.5, 0.6) is 0 Å². The van der Waals surface area contributed by atoms with Crippen molar-refractivity contribution in [1.82, 2.24) is 0 Å². The van der Waals surface area contributed by atoms with E-state index in [9.17, 15) is 13.2 Å². The van der Waals surface area contributed by atoms with Crippen molar-refractivity contribution in [2.75, 3.05) is 20.3 Å². The third-order valence-electron chi connectivity index (χ3n) is 1.71. The zero-order chi connectivity index (χ0) is 12.0. The van der Waals surface area contributed by atoms with E-state index in [4.69, 9.17) is 8.92 Å². The summed E-state index contributed by atoms with van der Waals surface area (Å²) in [5, 5.41) is 0. The van der Waals surface area contributed by atoms with Crippen LogP contribution in [-0.4, -0.2) is 20.3 Å². The topological polar surface area (TPSA) is 18.5 Å². The van der Waals surface area contributed by atoms with Gasteiger partial charge in [0.1, 0.15) is 0 Å². The fourth-order valence-corrected chi connectivity index (χ4v) is 1.46. The average molecular weight is 252 g/mol. The molecule has 0 N–H and O–H groups in total. The number of alkyl halides is 3. The van der Waals surface area contributed by atoms with Crippen molar-refractivity contribution in [3.05, 3.63) is 29.8 Å². The van der Waals surface area contributed by atoms with Crippen LogP contribution in [0.25, 0.3) is 0 Å². The summed E-state index contributed by atoms with van der Waals surface area (Å²) in [6.07, 6.45) is -4.29. The standard InChI is InChI=1S/C10H11F3O2S/c1-14-6-7-15-16-9-4-2-8(3-5-9)10(11,12)13/h2-5H,6-7H2,1H3. The highest BCUT2D eigenvalue weighted by molar-refractivity contribution is 7.94. The minimum Gasteiger partial charge on any atom is -0.382 e. The van der Waals surface area contributed by atoms with E-state index in [1.807, 2.05) is 0 Å². The van der Waals surface area contributed by atoms with E-state index in [0.29, 0.717) is 18.1 Å². The van der Waals surface area contributed by atoms with Gasteiger partial charge in [-0.3, -0.25) is 0 Å². The minimum atomic E-state index is -4.29. The van der Waals surface area contributed by atoms with E-state index in [0.717, 1.165) is 24.2 Å². The number of hydrogen-bond acceptors (Lipinski definition) is 3. The molecule has 16 heavy (non-hydrogen) atoms. The first-order chi connectivity index (χ1) is 7.54. The van der Waals surface area contributed by atoms with Crippen molar-refractivity contribution >= 4 is 12.0 Å². The third kappa shape index (κ3) is 4.42. The van der Waals surface area contributed by atoms with Crippen molar-refractivity contribution < 1.29 is 22.1 Å². The summed E-state index contributed by atoms with van der Waals surface area (Å²) in [4.78, 5) is 0.629. The lowest BCUT2D eigenvalue weighted by molar-refractivity contribution is -0.137. The molecule has 0 aromatic heterocycles. The second kappa shape index (κ2) is 6.12. The van der Waals surface area contributed by atoms with Crippen LogP contribution >= 0.6 is 12.0 Å². The molecular formula is C10H11F3O2S. The van der Waals surface area contributed by atoms with Gasteiger partial charge in [0, 0.05) is 24.0 Å². The Morgan fingerprint density at radius 2 is 1.75 bits per heavy atom. The Hall–Kier alpha value is -0.720. The molecule has 1 aromatic carbocycles. The van der Waals surface area contributed by atoms with Crippen molar-refractivity contribution in [1.29, 1.82) is 0 Å². The Morgan fingerprint density at radius 1 is 1.12 bits per heavy atom. The molecule has 0 fully saturated rings. The number of halogens is 3. The molecule has 0 aliphatic carbocycles. The Kier molecular flexibility index (Phi) is 5.11. The van der Waals surface area contributed by atoms with Gasteiger partial charge >= 0.3 is 6.18 Å². The maximum Gasteiger partial charge on any atom is 0.416 e. The molecular weight excluding hydrogens is 241 g/mol. The van der Waals surface area contributed by atoms with Gasteiger partial charge in [0.15, 0.2) is 0 Å². The molecule has 0 spiro atoms. The quantitative estimate of drug-likeness (QED) is 0.591. The zero-order valence-electron chi connectivity index (χ0n) is 8.58. The number of hydrogen-bond donors (Lipinski definition) is 0. The van der Waals surface area contributed by atoms with Crippen molar-refractivity contribution in [3.8, 4) is 0 Å². The number of methoxy groups -OCH3 is 1. The van der Waals surface area contributed by atoms with Crippen molar-refractivity contribution in [2.45, 2.75) is 11.1 Å². The molecule has 0 heterocycles. The van der Waals surface area contributed by atoms with E-state index >= 15 is 0 Å². The molecule has 0 aliphatic heterocycles. The summed E-state index contributed by atoms with van der Waals surface area (Å²) in [5.41, 5.74) is -0.659. The van der Waals surface area contributed by atoms with Gasteiger partial charge in [-0.05, 0) is 24.3 Å². The molecule has 90 valence electrons. The molecule has 6 heteroatoms. The Balaban J connectivity index is 2.46. The summed E-state index contributed by atoms with van der Waals surface area (Å²) in [6.45, 7) is 0.843. The third-order valence-corrected chi connectivity index (χ3v) is 2.46. The normalized spacial score (nSPS) is 11.8. The van der Waals surface area contributed by atoms with E-state index in [1.165, 1.54) is 12.1 Å². The van der Waals surface area contributed by atoms with Crippen LogP contribution in [0.4, 0.5) is 13.2 Å². The molecule has 0 unspecified atom stereocenters. The molecule has 2 nitrogen and oxygen atoms in total. The van der Waals surface area contributed by atoms with Gasteiger partial charge in [-0.15, -0.1) is 0 Å². The molecule has 0 radical (unpaired) electrons. The lowest BCUT2D eigenvalue weighted by atomic mass is 10.2. The second-order valence-electron chi connectivity index (χ2n) is 2.92. The fraction of sp³-hybridized carbons (Fsp3) is 0.400. The summed E-state index contributed by atoms with van der Waals surface area (Å²) in [6, 6.07) is 4.81. The Morgan fingerprint density at radius 3 is 2.25 bits per heavy atom.